The van der Waals surface area contributed by atoms with Crippen molar-refractivity contribution in [1.82, 2.24) is 0 Å². The van der Waals surface area contributed by atoms with Gasteiger partial charge >= 0.3 is 6.61 Å². The molecule has 3 nitrogen and oxygen atoms in total. The Hall–Kier alpha value is -2.97. The summed E-state index contributed by atoms with van der Waals surface area (Å²) in [7, 11) is 0. The lowest BCUT2D eigenvalue weighted by molar-refractivity contribution is -0.205. The Morgan fingerprint density at radius 3 is 2.34 bits per heavy atom. The molecule has 0 aliphatic carbocycles. The number of hydrogen-bond acceptors (Lipinski definition) is 3. The first-order valence-corrected chi connectivity index (χ1v) is 11.3. The third-order valence-electron chi connectivity index (χ3n) is 6.02. The molecule has 1 aliphatic heterocycles. The van der Waals surface area contributed by atoms with E-state index in [1.54, 1.807) is 24.3 Å². The van der Waals surface area contributed by atoms with E-state index in [4.69, 9.17) is 9.47 Å². The summed E-state index contributed by atoms with van der Waals surface area (Å²) in [4.78, 5) is 0. The Labute approximate surface area is 200 Å². The van der Waals surface area contributed by atoms with E-state index < -0.39 is 36.1 Å². The van der Waals surface area contributed by atoms with Crippen molar-refractivity contribution >= 4 is 10.8 Å². The minimum Gasteiger partial charge on any atom is -0.429 e. The van der Waals surface area contributed by atoms with Crippen molar-refractivity contribution in [2.75, 3.05) is 13.2 Å². The summed E-state index contributed by atoms with van der Waals surface area (Å²) < 4.78 is 83.2. The fraction of sp³-hybridized carbons (Fsp3) is 0.333. The Bertz CT molecular complexity index is 1170. The number of halogens is 5. The summed E-state index contributed by atoms with van der Waals surface area (Å²) in [5.74, 6) is -3.70. The van der Waals surface area contributed by atoms with Gasteiger partial charge in [-0.2, -0.15) is 8.78 Å². The second-order valence-electron chi connectivity index (χ2n) is 8.52. The van der Waals surface area contributed by atoms with E-state index in [2.05, 4.69) is 11.3 Å². The molecule has 1 saturated heterocycles. The summed E-state index contributed by atoms with van der Waals surface area (Å²) in [6, 6.07) is 10.5. The van der Waals surface area contributed by atoms with Crippen molar-refractivity contribution in [3.8, 4) is 5.75 Å². The molecule has 186 valence electrons. The van der Waals surface area contributed by atoms with Gasteiger partial charge in [0.25, 0.3) is 0 Å². The monoisotopic (exact) mass is 492 g/mol. The van der Waals surface area contributed by atoms with Gasteiger partial charge in [0, 0.05) is 16.9 Å². The normalized spacial score (nSPS) is 18.2. The number of alkyl halides is 2. The molecular formula is C27H25F5O3. The molecule has 0 N–H and O–H groups in total. The molecule has 0 amide bonds. The lowest BCUT2D eigenvalue weighted by Crippen LogP contribution is -2.27. The van der Waals surface area contributed by atoms with Crippen LogP contribution in [-0.2, 0) is 22.3 Å². The molecule has 4 rings (SSSR count). The zero-order valence-corrected chi connectivity index (χ0v) is 18.9. The maximum atomic E-state index is 15.2. The molecule has 0 saturated carbocycles. The predicted molar refractivity (Wildman–Crippen MR) is 122 cm³/mol. The Morgan fingerprint density at radius 2 is 1.69 bits per heavy atom. The minimum atomic E-state index is -3.34. The SMILES string of the molecule is C=CCCC1COC(c2ccc3c(F)c(CCc4cc(F)c(OC(F)F)c(F)c4)ccc3c2)OC1. The van der Waals surface area contributed by atoms with E-state index >= 15 is 4.39 Å². The first-order chi connectivity index (χ1) is 16.9. The van der Waals surface area contributed by atoms with Crippen molar-refractivity contribution in [2.24, 2.45) is 5.92 Å². The molecule has 0 radical (unpaired) electrons. The highest BCUT2D eigenvalue weighted by Crippen LogP contribution is 2.31. The topological polar surface area (TPSA) is 27.7 Å². The number of hydrogen-bond donors (Lipinski definition) is 0. The molecule has 0 bridgehead atoms. The van der Waals surface area contributed by atoms with Gasteiger partial charge in [0.15, 0.2) is 23.7 Å². The molecule has 8 heteroatoms. The van der Waals surface area contributed by atoms with Crippen LogP contribution >= 0.6 is 0 Å². The van der Waals surface area contributed by atoms with E-state index in [0.29, 0.717) is 35.5 Å². The van der Waals surface area contributed by atoms with Crippen molar-refractivity contribution in [3.05, 3.63) is 89.3 Å². The lowest BCUT2D eigenvalue weighted by atomic mass is 9.98. The quantitative estimate of drug-likeness (QED) is 0.232. The average molecular weight is 492 g/mol. The number of aryl methyl sites for hydroxylation is 2. The van der Waals surface area contributed by atoms with E-state index in [0.717, 1.165) is 30.5 Å². The number of rotatable bonds is 9. The first kappa shape index (κ1) is 25.1. The van der Waals surface area contributed by atoms with Crippen LogP contribution < -0.4 is 4.74 Å². The Morgan fingerprint density at radius 1 is 0.971 bits per heavy atom. The van der Waals surface area contributed by atoms with E-state index in [-0.39, 0.29) is 18.4 Å². The molecule has 0 atom stereocenters. The molecular weight excluding hydrogens is 467 g/mol. The average Bonchev–Trinajstić information content (AvgIpc) is 2.84. The maximum absolute atomic E-state index is 15.2. The standard InChI is InChI=1S/C27H25F5O3/c1-2-3-4-17-14-33-26(34-15-17)20-9-10-21-19(13-20)8-7-18(24(21)30)6-5-16-11-22(28)25(23(29)12-16)35-27(31)32/h2,7-13,17,26-27H,1,3-6,14-15H2. The highest BCUT2D eigenvalue weighted by molar-refractivity contribution is 5.84. The van der Waals surface area contributed by atoms with Gasteiger partial charge in [0.2, 0.25) is 0 Å². The van der Waals surface area contributed by atoms with E-state index in [1.807, 2.05) is 12.1 Å². The molecule has 3 aromatic carbocycles. The van der Waals surface area contributed by atoms with Crippen LogP contribution in [0.15, 0.2) is 55.1 Å². The number of ether oxygens (including phenoxy) is 3. The van der Waals surface area contributed by atoms with Crippen LogP contribution in [-0.4, -0.2) is 19.8 Å². The van der Waals surface area contributed by atoms with Crippen LogP contribution in [0, 0.1) is 23.4 Å². The molecule has 0 spiro atoms. The van der Waals surface area contributed by atoms with Gasteiger partial charge in [-0.3, -0.25) is 0 Å². The highest BCUT2D eigenvalue weighted by atomic mass is 19.3. The summed E-state index contributed by atoms with van der Waals surface area (Å²) in [6.07, 6.45) is 3.50. The molecule has 3 aromatic rings. The van der Waals surface area contributed by atoms with Gasteiger partial charge in [-0.15, -0.1) is 6.58 Å². The highest BCUT2D eigenvalue weighted by Gasteiger charge is 2.24. The second-order valence-corrected chi connectivity index (χ2v) is 8.52. The van der Waals surface area contributed by atoms with Gasteiger partial charge in [0.05, 0.1) is 13.2 Å². The zero-order valence-electron chi connectivity index (χ0n) is 18.9. The summed E-state index contributed by atoms with van der Waals surface area (Å²) in [6.45, 7) is 1.55. The number of benzene rings is 3. The van der Waals surface area contributed by atoms with E-state index in [9.17, 15) is 17.6 Å². The molecule has 35 heavy (non-hydrogen) atoms. The third-order valence-corrected chi connectivity index (χ3v) is 6.02. The van der Waals surface area contributed by atoms with Crippen molar-refractivity contribution in [3.63, 3.8) is 0 Å². The summed E-state index contributed by atoms with van der Waals surface area (Å²) >= 11 is 0. The first-order valence-electron chi connectivity index (χ1n) is 11.3. The van der Waals surface area contributed by atoms with Gasteiger partial charge in [-0.25, -0.2) is 13.2 Å². The smallest absolute Gasteiger partial charge is 0.387 e. The van der Waals surface area contributed by atoms with Gasteiger partial charge in [-0.1, -0.05) is 30.3 Å². The second kappa shape index (κ2) is 11.2. The predicted octanol–water partition coefficient (Wildman–Crippen LogP) is 7.27. The largest absolute Gasteiger partial charge is 0.429 e. The fourth-order valence-electron chi connectivity index (χ4n) is 4.19. The van der Waals surface area contributed by atoms with Gasteiger partial charge < -0.3 is 14.2 Å². The van der Waals surface area contributed by atoms with Crippen LogP contribution in [0.3, 0.4) is 0 Å². The molecule has 0 aromatic heterocycles. The number of fused-ring (bicyclic) bond motifs is 1. The van der Waals surface area contributed by atoms with Crippen LogP contribution in [0.25, 0.3) is 10.8 Å². The van der Waals surface area contributed by atoms with Crippen LogP contribution in [0.1, 0.15) is 35.8 Å². The van der Waals surface area contributed by atoms with Crippen LogP contribution in [0.2, 0.25) is 0 Å². The third kappa shape index (κ3) is 6.00. The molecule has 0 unspecified atom stereocenters. The van der Waals surface area contributed by atoms with Crippen molar-refractivity contribution < 1.29 is 36.2 Å². The van der Waals surface area contributed by atoms with Gasteiger partial charge in [-0.05, 0) is 60.4 Å². The Balaban J connectivity index is 1.44. The lowest BCUT2D eigenvalue weighted by Gasteiger charge is -2.29. The van der Waals surface area contributed by atoms with Crippen LogP contribution in [0.5, 0.6) is 5.75 Å². The summed E-state index contributed by atoms with van der Waals surface area (Å²) in [5.41, 5.74) is 1.37. The maximum Gasteiger partial charge on any atom is 0.387 e. The molecule has 1 aliphatic rings. The van der Waals surface area contributed by atoms with Crippen molar-refractivity contribution in [2.45, 2.75) is 38.6 Å². The van der Waals surface area contributed by atoms with Gasteiger partial charge in [0.1, 0.15) is 5.82 Å². The molecule has 1 fully saturated rings. The van der Waals surface area contributed by atoms with Crippen LogP contribution in [0.4, 0.5) is 22.0 Å². The summed E-state index contributed by atoms with van der Waals surface area (Å²) in [5, 5.41) is 1.08. The number of allylic oxidation sites excluding steroid dienone is 1. The zero-order chi connectivity index (χ0) is 24.9. The van der Waals surface area contributed by atoms with E-state index in [1.165, 1.54) is 0 Å². The van der Waals surface area contributed by atoms with Crippen molar-refractivity contribution in [1.29, 1.82) is 0 Å². The fourth-order valence-corrected chi connectivity index (χ4v) is 4.19. The minimum absolute atomic E-state index is 0.111. The molecule has 1 heterocycles. The Kier molecular flexibility index (Phi) is 8.03.